The molecule has 0 bridgehead atoms. The lowest BCUT2D eigenvalue weighted by atomic mass is 10.1. The standard InChI is InChI=1S/C18H23N3O3/c1-3-11(2)19-16(22)12-8-9-14-15(10-12)20-18(24)21(17(14)23)13-6-4-5-7-13/h8-11,13H,3-7H2,1-2H3,(H,19,22)(H,20,24)/t11-/m1/s1. The summed E-state index contributed by atoms with van der Waals surface area (Å²) in [5, 5.41) is 3.33. The minimum atomic E-state index is -0.390. The van der Waals surface area contributed by atoms with Crippen molar-refractivity contribution in [1.29, 1.82) is 0 Å². The average molecular weight is 329 g/mol. The van der Waals surface area contributed by atoms with Gasteiger partial charge < -0.3 is 10.3 Å². The molecule has 3 rings (SSSR count). The second-order valence-corrected chi connectivity index (χ2v) is 6.59. The molecule has 6 heteroatoms. The van der Waals surface area contributed by atoms with Crippen molar-refractivity contribution in [3.63, 3.8) is 0 Å². The van der Waals surface area contributed by atoms with Crippen LogP contribution in [-0.4, -0.2) is 21.5 Å². The van der Waals surface area contributed by atoms with Crippen LogP contribution in [-0.2, 0) is 0 Å². The first-order valence-corrected chi connectivity index (χ1v) is 8.60. The van der Waals surface area contributed by atoms with Crippen molar-refractivity contribution in [2.75, 3.05) is 0 Å². The highest BCUT2D eigenvalue weighted by Gasteiger charge is 2.21. The second kappa shape index (κ2) is 6.63. The number of H-pyrrole nitrogens is 1. The van der Waals surface area contributed by atoms with Crippen LogP contribution in [0.5, 0.6) is 0 Å². The minimum Gasteiger partial charge on any atom is -0.350 e. The predicted octanol–water partition coefficient (Wildman–Crippen LogP) is 2.33. The fourth-order valence-corrected chi connectivity index (χ4v) is 3.28. The van der Waals surface area contributed by atoms with Gasteiger partial charge in [-0.15, -0.1) is 0 Å². The highest BCUT2D eigenvalue weighted by atomic mass is 16.2. The molecule has 1 fully saturated rings. The number of nitrogens with one attached hydrogen (secondary N) is 2. The molecule has 0 spiro atoms. The van der Waals surface area contributed by atoms with Gasteiger partial charge in [-0.05, 0) is 44.4 Å². The quantitative estimate of drug-likeness (QED) is 0.903. The fraction of sp³-hybridized carbons (Fsp3) is 0.500. The maximum atomic E-state index is 12.7. The summed E-state index contributed by atoms with van der Waals surface area (Å²) in [6.07, 6.45) is 4.66. The van der Waals surface area contributed by atoms with Crippen molar-refractivity contribution in [2.45, 2.75) is 58.0 Å². The van der Waals surface area contributed by atoms with Crippen molar-refractivity contribution < 1.29 is 4.79 Å². The Bertz CT molecular complexity index is 875. The number of amides is 1. The first-order chi connectivity index (χ1) is 11.5. The smallest absolute Gasteiger partial charge is 0.329 e. The first kappa shape index (κ1) is 16.5. The number of carbonyl (C=O) groups excluding carboxylic acids is 1. The molecule has 1 aliphatic rings. The van der Waals surface area contributed by atoms with Gasteiger partial charge in [-0.1, -0.05) is 19.8 Å². The van der Waals surface area contributed by atoms with Crippen LogP contribution in [0.3, 0.4) is 0 Å². The molecule has 2 aromatic rings. The van der Waals surface area contributed by atoms with Crippen LogP contribution in [0, 0.1) is 0 Å². The summed E-state index contributed by atoms with van der Waals surface area (Å²) < 4.78 is 1.34. The monoisotopic (exact) mass is 329 g/mol. The van der Waals surface area contributed by atoms with Crippen LogP contribution in [0.1, 0.15) is 62.4 Å². The maximum absolute atomic E-state index is 12.7. The average Bonchev–Trinajstić information content (AvgIpc) is 3.08. The number of benzene rings is 1. The van der Waals surface area contributed by atoms with Gasteiger partial charge in [0.2, 0.25) is 0 Å². The highest BCUT2D eigenvalue weighted by Crippen LogP contribution is 2.27. The third kappa shape index (κ3) is 3.00. The number of fused-ring (bicyclic) bond motifs is 1. The van der Waals surface area contributed by atoms with Crippen molar-refractivity contribution in [1.82, 2.24) is 14.9 Å². The normalized spacial score (nSPS) is 16.4. The van der Waals surface area contributed by atoms with Gasteiger partial charge in [-0.3, -0.25) is 14.2 Å². The fourth-order valence-electron chi connectivity index (χ4n) is 3.28. The molecule has 24 heavy (non-hydrogen) atoms. The Morgan fingerprint density at radius 1 is 1.33 bits per heavy atom. The number of hydrogen-bond donors (Lipinski definition) is 2. The highest BCUT2D eigenvalue weighted by molar-refractivity contribution is 5.97. The van der Waals surface area contributed by atoms with Crippen molar-refractivity contribution >= 4 is 16.8 Å². The summed E-state index contributed by atoms with van der Waals surface area (Å²) in [7, 11) is 0. The zero-order valence-corrected chi connectivity index (χ0v) is 14.1. The van der Waals surface area contributed by atoms with E-state index >= 15 is 0 Å². The molecule has 6 nitrogen and oxygen atoms in total. The molecule has 1 aromatic heterocycles. The number of aromatic amines is 1. The van der Waals surface area contributed by atoms with E-state index in [0.717, 1.165) is 32.1 Å². The summed E-state index contributed by atoms with van der Waals surface area (Å²) in [5.41, 5.74) is 0.195. The van der Waals surface area contributed by atoms with E-state index < -0.39 is 0 Å². The second-order valence-electron chi connectivity index (χ2n) is 6.59. The maximum Gasteiger partial charge on any atom is 0.329 e. The molecule has 1 atom stereocenters. The third-order valence-corrected chi connectivity index (χ3v) is 4.87. The number of rotatable bonds is 4. The molecule has 1 saturated carbocycles. The van der Waals surface area contributed by atoms with Gasteiger partial charge in [0.15, 0.2) is 0 Å². The van der Waals surface area contributed by atoms with Crippen molar-refractivity contribution in [3.05, 3.63) is 44.6 Å². The number of hydrogen-bond acceptors (Lipinski definition) is 3. The van der Waals surface area contributed by atoms with E-state index in [1.807, 2.05) is 13.8 Å². The molecule has 2 N–H and O–H groups in total. The van der Waals surface area contributed by atoms with E-state index in [4.69, 9.17) is 0 Å². The molecule has 1 heterocycles. The Hall–Kier alpha value is -2.37. The molecule has 0 aliphatic heterocycles. The molecule has 1 aromatic carbocycles. The van der Waals surface area contributed by atoms with E-state index in [0.29, 0.717) is 16.5 Å². The molecular formula is C18H23N3O3. The van der Waals surface area contributed by atoms with Crippen LogP contribution in [0.2, 0.25) is 0 Å². The summed E-state index contributed by atoms with van der Waals surface area (Å²) in [5.74, 6) is -0.202. The molecular weight excluding hydrogens is 306 g/mol. The number of carbonyl (C=O) groups is 1. The molecule has 0 radical (unpaired) electrons. The summed E-state index contributed by atoms with van der Waals surface area (Å²) in [4.78, 5) is 40.0. The number of nitrogens with zero attached hydrogens (tertiary/aromatic N) is 1. The lowest BCUT2D eigenvalue weighted by Crippen LogP contribution is -2.37. The molecule has 0 saturated heterocycles. The lowest BCUT2D eigenvalue weighted by Gasteiger charge is -2.14. The van der Waals surface area contributed by atoms with Gasteiger partial charge in [0, 0.05) is 17.6 Å². The van der Waals surface area contributed by atoms with Crippen molar-refractivity contribution in [3.8, 4) is 0 Å². The van der Waals surface area contributed by atoms with Crippen LogP contribution < -0.4 is 16.6 Å². The summed E-state index contributed by atoms with van der Waals surface area (Å²) >= 11 is 0. The molecule has 1 aliphatic carbocycles. The van der Waals surface area contributed by atoms with Gasteiger partial charge in [-0.25, -0.2) is 4.79 Å². The molecule has 0 unspecified atom stereocenters. The number of aromatic nitrogens is 2. The largest absolute Gasteiger partial charge is 0.350 e. The van der Waals surface area contributed by atoms with Crippen LogP contribution in [0.4, 0.5) is 0 Å². The van der Waals surface area contributed by atoms with Crippen LogP contribution >= 0.6 is 0 Å². The Kier molecular flexibility index (Phi) is 4.55. The van der Waals surface area contributed by atoms with Crippen molar-refractivity contribution in [2.24, 2.45) is 0 Å². The minimum absolute atomic E-state index is 0.0148. The van der Waals surface area contributed by atoms with Crippen LogP contribution in [0.25, 0.3) is 10.9 Å². The van der Waals surface area contributed by atoms with E-state index in [1.165, 1.54) is 4.57 Å². The Morgan fingerprint density at radius 2 is 2.04 bits per heavy atom. The zero-order chi connectivity index (χ0) is 17.3. The van der Waals surface area contributed by atoms with Gasteiger partial charge >= 0.3 is 5.69 Å². The Balaban J connectivity index is 2.03. The van der Waals surface area contributed by atoms with E-state index in [1.54, 1.807) is 18.2 Å². The van der Waals surface area contributed by atoms with Gasteiger partial charge in [0.1, 0.15) is 0 Å². The topological polar surface area (TPSA) is 84.0 Å². The van der Waals surface area contributed by atoms with E-state index in [2.05, 4.69) is 10.3 Å². The predicted molar refractivity (Wildman–Crippen MR) is 93.6 cm³/mol. The van der Waals surface area contributed by atoms with Gasteiger partial charge in [0.05, 0.1) is 10.9 Å². The summed E-state index contributed by atoms with van der Waals surface area (Å²) in [6, 6.07) is 4.90. The lowest BCUT2D eigenvalue weighted by molar-refractivity contribution is 0.0939. The summed E-state index contributed by atoms with van der Waals surface area (Å²) in [6.45, 7) is 3.93. The third-order valence-electron chi connectivity index (χ3n) is 4.87. The molecule has 128 valence electrons. The van der Waals surface area contributed by atoms with E-state index in [9.17, 15) is 14.4 Å². The first-order valence-electron chi connectivity index (χ1n) is 8.60. The Labute approximate surface area is 139 Å². The van der Waals surface area contributed by atoms with E-state index in [-0.39, 0.29) is 29.2 Å². The van der Waals surface area contributed by atoms with Gasteiger partial charge in [0.25, 0.3) is 11.5 Å². The SMILES string of the molecule is CC[C@@H](C)NC(=O)c1ccc2c(=O)n(C3CCCC3)c(=O)[nH]c2c1. The Morgan fingerprint density at radius 3 is 2.71 bits per heavy atom. The van der Waals surface area contributed by atoms with Gasteiger partial charge in [-0.2, -0.15) is 0 Å². The zero-order valence-electron chi connectivity index (χ0n) is 14.1. The van der Waals surface area contributed by atoms with Crippen LogP contribution in [0.15, 0.2) is 27.8 Å². The molecule has 1 amide bonds.